The molecule has 2 aromatic carbocycles. The fourth-order valence-corrected chi connectivity index (χ4v) is 4.54. The summed E-state index contributed by atoms with van der Waals surface area (Å²) in [7, 11) is 0. The highest BCUT2D eigenvalue weighted by atomic mass is 19.2. The van der Waals surface area contributed by atoms with E-state index in [1.807, 2.05) is 12.1 Å². The molecule has 1 saturated carbocycles. The lowest BCUT2D eigenvalue weighted by Gasteiger charge is -2.18. The van der Waals surface area contributed by atoms with Crippen LogP contribution in [0.1, 0.15) is 81.8 Å². The van der Waals surface area contributed by atoms with E-state index in [-0.39, 0.29) is 12.5 Å². The van der Waals surface area contributed by atoms with Crippen molar-refractivity contribution in [1.82, 2.24) is 0 Å². The van der Waals surface area contributed by atoms with Crippen LogP contribution in [0.4, 0.5) is 17.6 Å². The molecule has 0 unspecified atom stereocenters. The van der Waals surface area contributed by atoms with Crippen molar-refractivity contribution in [1.29, 1.82) is 0 Å². The second-order valence-corrected chi connectivity index (χ2v) is 9.09. The van der Waals surface area contributed by atoms with Crippen LogP contribution in [0, 0.1) is 29.2 Å². The molecule has 2 nitrogen and oxygen atoms in total. The summed E-state index contributed by atoms with van der Waals surface area (Å²) in [4.78, 5) is 12.1. The Kier molecular flexibility index (Phi) is 9.76. The van der Waals surface area contributed by atoms with E-state index in [1.165, 1.54) is 76.2 Å². The van der Waals surface area contributed by atoms with Crippen LogP contribution in [-0.2, 0) is 17.6 Å². The average molecular weight is 465 g/mol. The second-order valence-electron chi connectivity index (χ2n) is 9.09. The van der Waals surface area contributed by atoms with Gasteiger partial charge in [0.25, 0.3) is 0 Å². The van der Waals surface area contributed by atoms with Gasteiger partial charge in [-0.2, -0.15) is 8.78 Å². The van der Waals surface area contributed by atoms with Crippen molar-refractivity contribution >= 4 is 5.97 Å². The van der Waals surface area contributed by atoms with Crippen molar-refractivity contribution in [3.05, 3.63) is 64.7 Å². The number of hydrogen-bond acceptors (Lipinski definition) is 2. The zero-order chi connectivity index (χ0) is 23.6. The topological polar surface area (TPSA) is 26.3 Å². The Morgan fingerprint density at radius 1 is 0.727 bits per heavy atom. The number of ether oxygens (including phenoxy) is 1. The number of esters is 1. The maximum absolute atomic E-state index is 13.7. The molecule has 0 aromatic heterocycles. The van der Waals surface area contributed by atoms with Gasteiger partial charge in [-0.1, -0.05) is 94.9 Å². The van der Waals surface area contributed by atoms with Crippen molar-refractivity contribution in [2.75, 3.05) is 0 Å². The lowest BCUT2D eigenvalue weighted by atomic mass is 9.88. The van der Waals surface area contributed by atoms with Crippen molar-refractivity contribution in [2.24, 2.45) is 5.92 Å². The second kappa shape index (κ2) is 12.8. The molecule has 0 bridgehead atoms. The van der Waals surface area contributed by atoms with Gasteiger partial charge in [0, 0.05) is 6.07 Å². The maximum atomic E-state index is 13.7. The molecule has 0 amide bonds. The van der Waals surface area contributed by atoms with Gasteiger partial charge in [0.2, 0.25) is 17.4 Å². The minimum Gasteiger partial charge on any atom is -0.420 e. The number of carbonyl (C=O) groups excluding carboxylic acids is 1. The third-order valence-electron chi connectivity index (χ3n) is 6.41. The fourth-order valence-electron chi connectivity index (χ4n) is 4.54. The summed E-state index contributed by atoms with van der Waals surface area (Å²) in [6.45, 7) is 0. The van der Waals surface area contributed by atoms with Crippen molar-refractivity contribution < 1.29 is 27.1 Å². The van der Waals surface area contributed by atoms with E-state index >= 15 is 0 Å². The minimum absolute atomic E-state index is 0.0724. The molecule has 2 aromatic rings. The summed E-state index contributed by atoms with van der Waals surface area (Å²) >= 11 is 0. The molecule has 0 aliphatic heterocycles. The normalized spacial score (nSPS) is 16.6. The molecular formula is C27H32F4O2. The van der Waals surface area contributed by atoms with Crippen LogP contribution in [0.25, 0.3) is 0 Å². The van der Waals surface area contributed by atoms with Gasteiger partial charge >= 0.3 is 5.97 Å². The molecule has 180 valence electrons. The molecule has 0 atom stereocenters. The summed E-state index contributed by atoms with van der Waals surface area (Å²) in [6, 6.07) is 7.56. The standard InChI is InChI=1S/C27H32F4O2/c28-22-18-23(29)26(31)27(25(22)30)33-24(32)17-21-14-12-20(13-15-21)16-19-10-8-6-4-2-1-3-5-7-9-11-19/h12-15,18-19H,1-11,16-17H2. The Hall–Kier alpha value is -2.37. The first-order valence-electron chi connectivity index (χ1n) is 12.1. The average Bonchev–Trinajstić information content (AvgIpc) is 2.78. The third-order valence-corrected chi connectivity index (χ3v) is 6.41. The molecular weight excluding hydrogens is 432 g/mol. The molecule has 6 heteroatoms. The molecule has 0 saturated heterocycles. The Morgan fingerprint density at radius 2 is 1.18 bits per heavy atom. The Balaban J connectivity index is 1.55. The fraction of sp³-hybridized carbons (Fsp3) is 0.519. The van der Waals surface area contributed by atoms with Crippen LogP contribution < -0.4 is 4.74 Å². The zero-order valence-corrected chi connectivity index (χ0v) is 19.0. The van der Waals surface area contributed by atoms with Gasteiger partial charge in [0.05, 0.1) is 6.42 Å². The smallest absolute Gasteiger partial charge is 0.315 e. The van der Waals surface area contributed by atoms with Crippen LogP contribution in [0.2, 0.25) is 0 Å². The van der Waals surface area contributed by atoms with E-state index in [1.54, 1.807) is 12.1 Å². The number of carbonyl (C=O) groups is 1. The van der Waals surface area contributed by atoms with E-state index in [2.05, 4.69) is 4.74 Å². The Labute approximate surface area is 193 Å². The quantitative estimate of drug-likeness (QED) is 0.195. The minimum atomic E-state index is -1.73. The first kappa shape index (κ1) is 25.3. The summed E-state index contributed by atoms with van der Waals surface area (Å²) < 4.78 is 58.6. The molecule has 33 heavy (non-hydrogen) atoms. The number of benzene rings is 2. The van der Waals surface area contributed by atoms with Crippen LogP contribution in [0.5, 0.6) is 5.75 Å². The van der Waals surface area contributed by atoms with Crippen LogP contribution in [0.3, 0.4) is 0 Å². The highest BCUT2D eigenvalue weighted by molar-refractivity contribution is 5.75. The van der Waals surface area contributed by atoms with Crippen molar-refractivity contribution in [3.8, 4) is 5.75 Å². The number of halogens is 4. The first-order chi connectivity index (χ1) is 15.9. The van der Waals surface area contributed by atoms with E-state index in [4.69, 9.17) is 0 Å². The lowest BCUT2D eigenvalue weighted by molar-refractivity contribution is -0.134. The molecule has 0 spiro atoms. The van der Waals surface area contributed by atoms with Crippen LogP contribution >= 0.6 is 0 Å². The van der Waals surface area contributed by atoms with E-state index in [0.717, 1.165) is 6.42 Å². The summed E-state index contributed by atoms with van der Waals surface area (Å²) in [5.74, 6) is -8.39. The SMILES string of the molecule is O=C(Cc1ccc(CC2CCCCCCCCCCC2)cc1)Oc1c(F)c(F)cc(F)c1F. The van der Waals surface area contributed by atoms with Gasteiger partial charge in [-0.05, 0) is 23.5 Å². The first-order valence-corrected chi connectivity index (χ1v) is 12.1. The highest BCUT2D eigenvalue weighted by Crippen LogP contribution is 2.27. The van der Waals surface area contributed by atoms with E-state index < -0.39 is 35.0 Å². The molecule has 1 aliphatic rings. The molecule has 1 fully saturated rings. The molecule has 0 radical (unpaired) electrons. The van der Waals surface area contributed by atoms with Gasteiger partial charge < -0.3 is 4.74 Å². The molecule has 3 rings (SSSR count). The molecule has 0 heterocycles. The summed E-state index contributed by atoms with van der Waals surface area (Å²) in [6.07, 6.45) is 15.0. The van der Waals surface area contributed by atoms with E-state index in [0.29, 0.717) is 11.5 Å². The lowest BCUT2D eigenvalue weighted by Crippen LogP contribution is -2.14. The predicted molar refractivity (Wildman–Crippen MR) is 120 cm³/mol. The number of rotatable bonds is 5. The summed E-state index contributed by atoms with van der Waals surface area (Å²) in [5.41, 5.74) is 1.79. The molecule has 0 N–H and O–H groups in total. The van der Waals surface area contributed by atoms with Crippen molar-refractivity contribution in [3.63, 3.8) is 0 Å². The monoisotopic (exact) mass is 464 g/mol. The van der Waals surface area contributed by atoms with Gasteiger partial charge in [0.15, 0.2) is 11.6 Å². The van der Waals surface area contributed by atoms with Crippen molar-refractivity contribution in [2.45, 2.75) is 83.5 Å². The summed E-state index contributed by atoms with van der Waals surface area (Å²) in [5, 5.41) is 0. The van der Waals surface area contributed by atoms with Gasteiger partial charge in [-0.15, -0.1) is 0 Å². The van der Waals surface area contributed by atoms with Crippen LogP contribution in [-0.4, -0.2) is 5.97 Å². The van der Waals surface area contributed by atoms with Gasteiger partial charge in [-0.25, -0.2) is 8.78 Å². The maximum Gasteiger partial charge on any atom is 0.315 e. The van der Waals surface area contributed by atoms with E-state index in [9.17, 15) is 22.4 Å². The predicted octanol–water partition coefficient (Wildman–Crippen LogP) is 7.85. The van der Waals surface area contributed by atoms with Gasteiger partial charge in [-0.3, -0.25) is 4.79 Å². The highest BCUT2D eigenvalue weighted by Gasteiger charge is 2.23. The Bertz CT molecular complexity index is 873. The van der Waals surface area contributed by atoms with Crippen LogP contribution in [0.15, 0.2) is 30.3 Å². The Morgan fingerprint density at radius 3 is 1.70 bits per heavy atom. The van der Waals surface area contributed by atoms with Gasteiger partial charge in [0.1, 0.15) is 0 Å². The zero-order valence-electron chi connectivity index (χ0n) is 19.0. The number of hydrogen-bond donors (Lipinski definition) is 0. The largest absolute Gasteiger partial charge is 0.420 e. The third kappa shape index (κ3) is 7.86. The molecule has 1 aliphatic carbocycles.